The summed E-state index contributed by atoms with van der Waals surface area (Å²) >= 11 is 0. The molecule has 0 saturated heterocycles. The van der Waals surface area contributed by atoms with Crippen molar-refractivity contribution in [1.82, 2.24) is 9.78 Å². The van der Waals surface area contributed by atoms with Crippen LogP contribution in [0.15, 0.2) is 12.4 Å². The number of rotatable bonds is 5. The molecule has 4 aliphatic rings. The van der Waals surface area contributed by atoms with Gasteiger partial charge in [0.05, 0.1) is 36.1 Å². The first kappa shape index (κ1) is 24.3. The molecule has 0 radical (unpaired) electrons. The number of ether oxygens (including phenoxy) is 1. The third-order valence-electron chi connectivity index (χ3n) is 11.0. The molecule has 0 bridgehead atoms. The van der Waals surface area contributed by atoms with Gasteiger partial charge in [0.2, 0.25) is 0 Å². The summed E-state index contributed by atoms with van der Waals surface area (Å²) in [5, 5.41) is 36.3. The van der Waals surface area contributed by atoms with Crippen LogP contribution in [-0.4, -0.2) is 44.9 Å². The largest absolute Gasteiger partial charge is 0.390 e. The number of nitrogens with zero attached hydrogens (tertiary/aromatic N) is 3. The minimum Gasteiger partial charge on any atom is -0.390 e. The van der Waals surface area contributed by atoms with Gasteiger partial charge in [-0.1, -0.05) is 6.92 Å². The molecule has 10 atom stereocenters. The fourth-order valence-electron chi connectivity index (χ4n) is 9.55. The van der Waals surface area contributed by atoms with Gasteiger partial charge >= 0.3 is 0 Å². The van der Waals surface area contributed by atoms with Gasteiger partial charge in [0, 0.05) is 19.2 Å². The van der Waals surface area contributed by atoms with Gasteiger partial charge in [0.25, 0.3) is 0 Å². The SMILES string of the molecule is COC[C@H]1C[C@H]2[C@H](CC[C@@H]3[C@@H]2CC[C@@]2(C)[C@H]3CC[C@@H]2[C@@](C)(O)Cn2cc(C#N)cn2)C[C@]1(C)O. The Hall–Kier alpha value is -1.42. The summed E-state index contributed by atoms with van der Waals surface area (Å²) in [4.78, 5) is 0. The molecule has 4 aliphatic carbocycles. The summed E-state index contributed by atoms with van der Waals surface area (Å²) in [7, 11) is 1.76. The van der Waals surface area contributed by atoms with Crippen LogP contribution in [0.2, 0.25) is 0 Å². The van der Waals surface area contributed by atoms with E-state index in [0.29, 0.717) is 36.5 Å². The average Bonchev–Trinajstić information content (AvgIpc) is 3.37. The van der Waals surface area contributed by atoms with Crippen LogP contribution in [0.3, 0.4) is 0 Å². The lowest BCUT2D eigenvalue weighted by molar-refractivity contribution is -0.148. The minimum atomic E-state index is -0.848. The van der Waals surface area contributed by atoms with Crippen LogP contribution < -0.4 is 0 Å². The molecular formula is C28H43N3O3. The quantitative estimate of drug-likeness (QED) is 0.667. The average molecular weight is 470 g/mol. The lowest BCUT2D eigenvalue weighted by Gasteiger charge is -2.59. The van der Waals surface area contributed by atoms with Crippen LogP contribution in [0, 0.1) is 58.2 Å². The van der Waals surface area contributed by atoms with Crippen LogP contribution in [-0.2, 0) is 11.3 Å². The highest BCUT2D eigenvalue weighted by molar-refractivity contribution is 5.21. The van der Waals surface area contributed by atoms with Gasteiger partial charge in [0.15, 0.2) is 0 Å². The highest BCUT2D eigenvalue weighted by Gasteiger charge is 2.61. The number of hydrogen-bond donors (Lipinski definition) is 2. The molecule has 34 heavy (non-hydrogen) atoms. The van der Waals surface area contributed by atoms with Crippen LogP contribution in [0.4, 0.5) is 0 Å². The van der Waals surface area contributed by atoms with Gasteiger partial charge in [-0.2, -0.15) is 10.4 Å². The Labute approximate surface area is 204 Å². The lowest BCUT2D eigenvalue weighted by Crippen LogP contribution is -2.55. The monoisotopic (exact) mass is 469 g/mol. The van der Waals surface area contributed by atoms with E-state index in [2.05, 4.69) is 18.1 Å². The molecular weight excluding hydrogens is 426 g/mol. The maximum atomic E-state index is 11.7. The van der Waals surface area contributed by atoms with Crippen molar-refractivity contribution >= 4 is 0 Å². The Morgan fingerprint density at radius 3 is 2.71 bits per heavy atom. The first-order chi connectivity index (χ1) is 16.1. The van der Waals surface area contributed by atoms with Crippen LogP contribution in [0.25, 0.3) is 0 Å². The van der Waals surface area contributed by atoms with Crippen LogP contribution >= 0.6 is 0 Å². The molecule has 0 spiro atoms. The van der Waals surface area contributed by atoms with E-state index in [4.69, 9.17) is 10.00 Å². The molecule has 6 heteroatoms. The first-order valence-corrected chi connectivity index (χ1v) is 13.5. The standard InChI is InChI=1S/C28H43N3O3/c1-26-10-9-21-22(6-5-19-12-27(2,32)20(16-34-4)11-23(19)21)24(26)7-8-25(26)28(3,33)17-31-15-18(13-29)14-30-31/h14-15,19-25,32-33H,5-12,16-17H2,1-4H3/t19-,20-,21+,22-,23+,24+,25+,26+,27+,28+/m1/s1. The maximum Gasteiger partial charge on any atom is 0.102 e. The van der Waals surface area contributed by atoms with Crippen molar-refractivity contribution in [1.29, 1.82) is 5.26 Å². The Bertz CT molecular complexity index is 934. The van der Waals surface area contributed by atoms with Gasteiger partial charge in [-0.3, -0.25) is 4.68 Å². The van der Waals surface area contributed by atoms with E-state index in [1.54, 1.807) is 24.2 Å². The van der Waals surface area contributed by atoms with Crippen molar-refractivity contribution in [2.75, 3.05) is 13.7 Å². The third-order valence-corrected chi connectivity index (χ3v) is 11.0. The fraction of sp³-hybridized carbons (Fsp3) is 0.857. The number of aliphatic hydroxyl groups is 2. The molecule has 1 heterocycles. The molecule has 188 valence electrons. The van der Waals surface area contributed by atoms with Crippen molar-refractivity contribution in [2.45, 2.75) is 89.9 Å². The highest BCUT2D eigenvalue weighted by Crippen LogP contribution is 2.66. The first-order valence-electron chi connectivity index (χ1n) is 13.5. The number of hydrogen-bond acceptors (Lipinski definition) is 5. The molecule has 0 amide bonds. The van der Waals surface area contributed by atoms with E-state index >= 15 is 0 Å². The molecule has 2 N–H and O–H groups in total. The molecule has 1 aromatic heterocycles. The zero-order valence-electron chi connectivity index (χ0n) is 21.4. The number of aromatic nitrogens is 2. The molecule has 0 aromatic carbocycles. The topological polar surface area (TPSA) is 91.3 Å². The summed E-state index contributed by atoms with van der Waals surface area (Å²) < 4.78 is 7.26. The van der Waals surface area contributed by atoms with Crippen molar-refractivity contribution < 1.29 is 14.9 Å². The zero-order valence-corrected chi connectivity index (χ0v) is 21.4. The van der Waals surface area contributed by atoms with Gasteiger partial charge in [-0.05, 0) is 106 Å². The van der Waals surface area contributed by atoms with Crippen molar-refractivity contribution in [2.24, 2.45) is 46.8 Å². The van der Waals surface area contributed by atoms with Gasteiger partial charge in [-0.25, -0.2) is 0 Å². The molecule has 0 unspecified atom stereocenters. The zero-order chi connectivity index (χ0) is 24.3. The van der Waals surface area contributed by atoms with Gasteiger partial charge in [-0.15, -0.1) is 0 Å². The summed E-state index contributed by atoms with van der Waals surface area (Å²) in [5.41, 5.74) is -0.766. The molecule has 1 aromatic rings. The lowest BCUT2D eigenvalue weighted by atomic mass is 9.47. The normalized spacial score (nSPS) is 45.5. The smallest absolute Gasteiger partial charge is 0.102 e. The van der Waals surface area contributed by atoms with Crippen molar-refractivity contribution in [3.8, 4) is 6.07 Å². The molecule has 4 fully saturated rings. The third kappa shape index (κ3) is 3.92. The van der Waals surface area contributed by atoms with E-state index in [-0.39, 0.29) is 17.3 Å². The van der Waals surface area contributed by atoms with E-state index in [9.17, 15) is 10.2 Å². The van der Waals surface area contributed by atoms with Gasteiger partial charge in [0.1, 0.15) is 6.07 Å². The van der Waals surface area contributed by atoms with Crippen LogP contribution in [0.5, 0.6) is 0 Å². The summed E-state index contributed by atoms with van der Waals surface area (Å²) in [6, 6.07) is 2.14. The van der Waals surface area contributed by atoms with Crippen molar-refractivity contribution in [3.63, 3.8) is 0 Å². The number of nitriles is 1. The Kier molecular flexibility index (Phi) is 6.15. The molecule has 0 aliphatic heterocycles. The van der Waals surface area contributed by atoms with E-state index in [1.165, 1.54) is 32.1 Å². The Morgan fingerprint density at radius 1 is 1.21 bits per heavy atom. The summed E-state index contributed by atoms with van der Waals surface area (Å²) in [6.07, 6.45) is 12.5. The summed E-state index contributed by atoms with van der Waals surface area (Å²) in [6.45, 7) is 7.56. The van der Waals surface area contributed by atoms with E-state index < -0.39 is 11.2 Å². The maximum absolute atomic E-state index is 11.7. The summed E-state index contributed by atoms with van der Waals surface area (Å²) in [5.74, 6) is 3.98. The van der Waals surface area contributed by atoms with Crippen LogP contribution in [0.1, 0.15) is 77.7 Å². The van der Waals surface area contributed by atoms with E-state index in [0.717, 1.165) is 31.1 Å². The highest BCUT2D eigenvalue weighted by atomic mass is 16.5. The molecule has 4 saturated carbocycles. The second-order valence-corrected chi connectivity index (χ2v) is 13.0. The predicted molar refractivity (Wildman–Crippen MR) is 130 cm³/mol. The number of fused-ring (bicyclic) bond motifs is 5. The predicted octanol–water partition coefficient (Wildman–Crippen LogP) is 4.40. The van der Waals surface area contributed by atoms with Gasteiger partial charge < -0.3 is 14.9 Å². The second-order valence-electron chi connectivity index (χ2n) is 13.0. The number of methoxy groups -OCH3 is 1. The minimum absolute atomic E-state index is 0.148. The molecule has 5 rings (SSSR count). The van der Waals surface area contributed by atoms with E-state index in [1.807, 2.05) is 13.8 Å². The Morgan fingerprint density at radius 2 is 2.00 bits per heavy atom. The van der Waals surface area contributed by atoms with Crippen molar-refractivity contribution in [3.05, 3.63) is 18.0 Å². The molecule has 6 nitrogen and oxygen atoms in total. The fourth-order valence-corrected chi connectivity index (χ4v) is 9.55. The Balaban J connectivity index is 1.33. The second kappa shape index (κ2) is 8.61.